The van der Waals surface area contributed by atoms with Crippen LogP contribution in [0.5, 0.6) is 0 Å². The van der Waals surface area contributed by atoms with Gasteiger partial charge in [0.1, 0.15) is 0 Å². The summed E-state index contributed by atoms with van der Waals surface area (Å²) >= 11 is 0. The van der Waals surface area contributed by atoms with Gasteiger partial charge in [-0.25, -0.2) is 0 Å². The largest absolute Gasteiger partial charge is 0.396 e. The van der Waals surface area contributed by atoms with Crippen LogP contribution in [0.1, 0.15) is 71.1 Å². The van der Waals surface area contributed by atoms with Crippen LogP contribution in [0.15, 0.2) is 11.6 Å². The Morgan fingerprint density at radius 2 is 1.96 bits per heavy atom. The molecule has 0 aromatic carbocycles. The van der Waals surface area contributed by atoms with Gasteiger partial charge < -0.3 is 10.2 Å². The van der Waals surface area contributed by atoms with Crippen molar-refractivity contribution in [1.29, 1.82) is 0 Å². The average Bonchev–Trinajstić information content (AvgIpc) is 2.91. The zero-order valence-electron chi connectivity index (χ0n) is 14.8. The number of fused-ring (bicyclic) bond motifs is 5. The third-order valence-corrected chi connectivity index (χ3v) is 8.71. The molecule has 0 radical (unpaired) electrons. The Labute approximate surface area is 141 Å². The maximum atomic E-state index is 10.4. The normalized spacial score (nSPS) is 49.1. The zero-order chi connectivity index (χ0) is 16.1. The molecule has 0 heterocycles. The number of aliphatic hydroxyl groups is 2. The molecule has 0 aromatic rings. The highest BCUT2D eigenvalue weighted by molar-refractivity contribution is 5.25. The molecule has 130 valence electrons. The molecule has 2 N–H and O–H groups in total. The smallest absolute Gasteiger partial charge is 0.0527 e. The van der Waals surface area contributed by atoms with Crippen LogP contribution in [-0.2, 0) is 0 Å². The Kier molecular flexibility index (Phi) is 4.13. The molecule has 0 spiro atoms. The Morgan fingerprint density at radius 3 is 2.74 bits per heavy atom. The van der Waals surface area contributed by atoms with Crippen molar-refractivity contribution < 1.29 is 10.2 Å². The molecular weight excluding hydrogens is 284 g/mol. The topological polar surface area (TPSA) is 40.5 Å². The Morgan fingerprint density at radius 1 is 1.09 bits per heavy atom. The van der Waals surface area contributed by atoms with Gasteiger partial charge in [0.15, 0.2) is 0 Å². The van der Waals surface area contributed by atoms with Crippen molar-refractivity contribution in [3.8, 4) is 0 Å². The first-order chi connectivity index (χ1) is 11.2. The van der Waals surface area contributed by atoms with E-state index in [0.717, 1.165) is 30.1 Å². The van der Waals surface area contributed by atoms with E-state index in [1.54, 1.807) is 5.57 Å². The van der Waals surface area contributed by atoms with E-state index in [1.165, 1.54) is 57.8 Å². The van der Waals surface area contributed by atoms with Crippen LogP contribution in [0.2, 0.25) is 0 Å². The molecule has 4 aliphatic rings. The van der Waals surface area contributed by atoms with E-state index >= 15 is 0 Å². The van der Waals surface area contributed by atoms with Crippen molar-refractivity contribution in [3.05, 3.63) is 11.6 Å². The fourth-order valence-electron chi connectivity index (χ4n) is 7.57. The van der Waals surface area contributed by atoms with Gasteiger partial charge in [-0.3, -0.25) is 0 Å². The van der Waals surface area contributed by atoms with Crippen LogP contribution in [0.3, 0.4) is 0 Å². The summed E-state index contributed by atoms with van der Waals surface area (Å²) in [5.41, 5.74) is 2.20. The van der Waals surface area contributed by atoms with Crippen molar-refractivity contribution in [2.75, 3.05) is 13.2 Å². The third kappa shape index (κ3) is 2.20. The molecule has 0 unspecified atom stereocenters. The van der Waals surface area contributed by atoms with Crippen molar-refractivity contribution in [2.45, 2.75) is 71.1 Å². The number of rotatable bonds is 3. The lowest BCUT2D eigenvalue weighted by atomic mass is 9.46. The van der Waals surface area contributed by atoms with E-state index in [0.29, 0.717) is 18.6 Å². The Bertz CT molecular complexity index is 484. The monoisotopic (exact) mass is 318 g/mol. The first-order valence-electron chi connectivity index (χ1n) is 10.1. The standard InChI is InChI=1S/C21H34O2/c1-20-12-9-19-17(18(20)8-6-15(20)10-13-22)7-5-16-4-2-3-11-21(16,19)14-23/h4,15,17-19,22-23H,2-3,5-14H2,1H3/t15-,17-,18-,19-,20+,21+/m0/s1. The van der Waals surface area contributed by atoms with Gasteiger partial charge in [0.25, 0.3) is 0 Å². The van der Waals surface area contributed by atoms with Crippen molar-refractivity contribution in [1.82, 2.24) is 0 Å². The summed E-state index contributed by atoms with van der Waals surface area (Å²) < 4.78 is 0. The lowest BCUT2D eigenvalue weighted by Gasteiger charge is -2.59. The summed E-state index contributed by atoms with van der Waals surface area (Å²) in [5.74, 6) is 3.11. The summed E-state index contributed by atoms with van der Waals surface area (Å²) in [6, 6.07) is 0. The second-order valence-corrected chi connectivity index (χ2v) is 9.18. The minimum absolute atomic E-state index is 0.136. The van der Waals surface area contributed by atoms with Gasteiger partial charge in [-0.1, -0.05) is 18.6 Å². The maximum Gasteiger partial charge on any atom is 0.0527 e. The average molecular weight is 319 g/mol. The van der Waals surface area contributed by atoms with Crippen LogP contribution < -0.4 is 0 Å². The second-order valence-electron chi connectivity index (χ2n) is 9.18. The highest BCUT2D eigenvalue weighted by atomic mass is 16.3. The molecule has 2 heteroatoms. The third-order valence-electron chi connectivity index (χ3n) is 8.71. The predicted octanol–water partition coefficient (Wildman–Crippen LogP) is 4.31. The van der Waals surface area contributed by atoms with Gasteiger partial charge in [0.05, 0.1) is 6.61 Å². The number of allylic oxidation sites excluding steroid dienone is 1. The molecule has 4 aliphatic carbocycles. The lowest BCUT2D eigenvalue weighted by molar-refractivity contribution is -0.0762. The second kappa shape index (κ2) is 5.88. The van der Waals surface area contributed by atoms with Gasteiger partial charge in [-0.15, -0.1) is 0 Å². The van der Waals surface area contributed by atoms with E-state index in [9.17, 15) is 10.2 Å². The number of hydrogen-bond donors (Lipinski definition) is 2. The Balaban J connectivity index is 1.64. The van der Waals surface area contributed by atoms with Crippen molar-refractivity contribution in [3.63, 3.8) is 0 Å². The summed E-state index contributed by atoms with van der Waals surface area (Å²) in [4.78, 5) is 0. The molecular formula is C21H34O2. The molecule has 3 fully saturated rings. The molecule has 0 saturated heterocycles. The minimum atomic E-state index is 0.136. The molecule has 0 bridgehead atoms. The summed E-state index contributed by atoms with van der Waals surface area (Å²) in [5, 5.41) is 19.8. The fraction of sp³-hybridized carbons (Fsp3) is 0.905. The van der Waals surface area contributed by atoms with Gasteiger partial charge in [-0.2, -0.15) is 0 Å². The highest BCUT2D eigenvalue weighted by Gasteiger charge is 2.59. The number of aliphatic hydroxyl groups excluding tert-OH is 2. The molecule has 0 aliphatic heterocycles. The summed E-state index contributed by atoms with van der Waals surface area (Å²) in [7, 11) is 0. The first-order valence-corrected chi connectivity index (χ1v) is 10.1. The van der Waals surface area contributed by atoms with E-state index in [1.807, 2.05) is 0 Å². The maximum absolute atomic E-state index is 10.4. The molecule has 0 amide bonds. The van der Waals surface area contributed by atoms with Gasteiger partial charge >= 0.3 is 0 Å². The van der Waals surface area contributed by atoms with E-state index in [2.05, 4.69) is 13.0 Å². The molecule has 6 atom stereocenters. The Hall–Kier alpha value is -0.340. The zero-order valence-corrected chi connectivity index (χ0v) is 14.8. The van der Waals surface area contributed by atoms with E-state index < -0.39 is 0 Å². The predicted molar refractivity (Wildman–Crippen MR) is 92.9 cm³/mol. The summed E-state index contributed by atoms with van der Waals surface area (Å²) in [6.45, 7) is 3.26. The fourth-order valence-corrected chi connectivity index (χ4v) is 7.57. The SMILES string of the molecule is C[C@]12CC[C@H]3[C@@H](CCC4=CCCC[C@@]43CO)[C@@H]1CC[C@H]2CCO. The van der Waals surface area contributed by atoms with Crippen molar-refractivity contribution >= 4 is 0 Å². The number of hydrogen-bond acceptors (Lipinski definition) is 2. The molecule has 0 aromatic heterocycles. The van der Waals surface area contributed by atoms with Crippen LogP contribution in [0, 0.1) is 34.5 Å². The quantitative estimate of drug-likeness (QED) is 0.761. The van der Waals surface area contributed by atoms with Crippen LogP contribution in [0.25, 0.3) is 0 Å². The van der Waals surface area contributed by atoms with Crippen LogP contribution in [-0.4, -0.2) is 23.4 Å². The van der Waals surface area contributed by atoms with Crippen molar-refractivity contribution in [2.24, 2.45) is 34.5 Å². The van der Waals surface area contributed by atoms with Crippen LogP contribution in [0.4, 0.5) is 0 Å². The molecule has 23 heavy (non-hydrogen) atoms. The highest BCUT2D eigenvalue weighted by Crippen LogP contribution is 2.67. The molecule has 3 saturated carbocycles. The molecule has 2 nitrogen and oxygen atoms in total. The van der Waals surface area contributed by atoms with Gasteiger partial charge in [0, 0.05) is 12.0 Å². The molecule has 4 rings (SSSR count). The minimum Gasteiger partial charge on any atom is -0.396 e. The first kappa shape index (κ1) is 16.1. The lowest BCUT2D eigenvalue weighted by Crippen LogP contribution is -2.52. The van der Waals surface area contributed by atoms with Gasteiger partial charge in [0.2, 0.25) is 0 Å². The van der Waals surface area contributed by atoms with E-state index in [4.69, 9.17) is 0 Å². The van der Waals surface area contributed by atoms with Crippen LogP contribution >= 0.6 is 0 Å². The van der Waals surface area contributed by atoms with Gasteiger partial charge in [-0.05, 0) is 93.3 Å². The van der Waals surface area contributed by atoms with E-state index in [-0.39, 0.29) is 5.41 Å². The summed E-state index contributed by atoms with van der Waals surface area (Å²) in [6.07, 6.45) is 15.1.